The van der Waals surface area contributed by atoms with E-state index in [-0.39, 0.29) is 31.1 Å². The van der Waals surface area contributed by atoms with Crippen LogP contribution in [0.3, 0.4) is 0 Å². The summed E-state index contributed by atoms with van der Waals surface area (Å²) in [7, 11) is 0. The summed E-state index contributed by atoms with van der Waals surface area (Å²) in [5, 5.41) is 3.52. The first-order valence-electron chi connectivity index (χ1n) is 12.8. The molecule has 1 saturated heterocycles. The zero-order chi connectivity index (χ0) is 27.2. The Morgan fingerprint density at radius 3 is 2.47 bits per heavy atom. The molecule has 2 aromatic carbocycles. The molecule has 2 atom stereocenters. The number of benzene rings is 2. The molecule has 2 aliphatic rings. The maximum Gasteiger partial charge on any atom is 0.338 e. The maximum atomic E-state index is 13.3. The molecular formula is C29H33ClN4O4. The highest BCUT2D eigenvalue weighted by molar-refractivity contribution is 6.30. The van der Waals surface area contributed by atoms with Gasteiger partial charge in [-0.15, -0.1) is 6.58 Å². The molecule has 1 N–H and O–H groups in total. The summed E-state index contributed by atoms with van der Waals surface area (Å²) in [4.78, 5) is 45.3. The van der Waals surface area contributed by atoms with Crippen molar-refractivity contribution in [2.75, 3.05) is 39.3 Å². The Labute approximate surface area is 228 Å². The highest BCUT2D eigenvalue weighted by atomic mass is 35.5. The molecule has 3 amide bonds. The minimum Gasteiger partial charge on any atom is -0.463 e. The van der Waals surface area contributed by atoms with Crippen LogP contribution >= 0.6 is 11.6 Å². The molecule has 2 unspecified atom stereocenters. The molecule has 2 aromatic rings. The van der Waals surface area contributed by atoms with Gasteiger partial charge >= 0.3 is 12.0 Å². The van der Waals surface area contributed by atoms with Crippen LogP contribution in [0.5, 0.6) is 0 Å². The summed E-state index contributed by atoms with van der Waals surface area (Å²) in [6.45, 7) is 10.1. The van der Waals surface area contributed by atoms with Crippen molar-refractivity contribution in [3.05, 3.63) is 94.7 Å². The number of ether oxygens (including phenoxy) is 1. The Balaban J connectivity index is 1.65. The fraction of sp³-hybridized carbons (Fsp3) is 0.345. The molecule has 8 nitrogen and oxygen atoms in total. The molecule has 9 heteroatoms. The predicted molar refractivity (Wildman–Crippen MR) is 147 cm³/mol. The Morgan fingerprint density at radius 2 is 1.84 bits per heavy atom. The standard InChI is InChI=1S/C29H33ClN4O4/c1-4-15-34-24(19-32-16-17-33(20(3)18-32)27(35)22-9-7-6-8-10-22)25(28(36)38-5-2)26(31-29(34)37)21-11-13-23(30)14-12-21/h4,6-14,20,26H,1,5,15-19H2,2-3H3,(H,31,37). The van der Waals surface area contributed by atoms with Crippen molar-refractivity contribution in [2.45, 2.75) is 25.9 Å². The molecule has 0 bridgehead atoms. The minimum atomic E-state index is -0.687. The van der Waals surface area contributed by atoms with Gasteiger partial charge in [-0.3, -0.25) is 14.6 Å². The Kier molecular flexibility index (Phi) is 8.86. The molecule has 0 saturated carbocycles. The van der Waals surface area contributed by atoms with Crippen LogP contribution in [0.15, 0.2) is 78.5 Å². The minimum absolute atomic E-state index is 0.00249. The number of halogens is 1. The average Bonchev–Trinajstić information content (AvgIpc) is 2.91. The summed E-state index contributed by atoms with van der Waals surface area (Å²) < 4.78 is 5.46. The number of esters is 1. The van der Waals surface area contributed by atoms with Gasteiger partial charge < -0.3 is 15.0 Å². The molecule has 2 aliphatic heterocycles. The number of hydrogen-bond acceptors (Lipinski definition) is 5. The zero-order valence-electron chi connectivity index (χ0n) is 21.7. The summed E-state index contributed by atoms with van der Waals surface area (Å²) >= 11 is 6.09. The number of amides is 3. The molecule has 4 rings (SSSR count). The van der Waals surface area contributed by atoms with Gasteiger partial charge in [0.1, 0.15) is 0 Å². The highest BCUT2D eigenvalue weighted by Crippen LogP contribution is 2.33. The van der Waals surface area contributed by atoms with Gasteiger partial charge in [-0.1, -0.05) is 48.0 Å². The van der Waals surface area contributed by atoms with Gasteiger partial charge in [0, 0.05) is 55.0 Å². The maximum absolute atomic E-state index is 13.3. The normalized spacial score (nSPS) is 20.2. The van der Waals surface area contributed by atoms with Crippen LogP contribution in [0.1, 0.15) is 35.8 Å². The summed E-state index contributed by atoms with van der Waals surface area (Å²) in [6, 6.07) is 15.2. The lowest BCUT2D eigenvalue weighted by Crippen LogP contribution is -2.56. The predicted octanol–water partition coefficient (Wildman–Crippen LogP) is 4.26. The molecule has 0 spiro atoms. The first-order chi connectivity index (χ1) is 18.3. The van der Waals surface area contributed by atoms with Gasteiger partial charge in [0.2, 0.25) is 0 Å². The monoisotopic (exact) mass is 536 g/mol. The van der Waals surface area contributed by atoms with Crippen molar-refractivity contribution in [1.29, 1.82) is 0 Å². The highest BCUT2D eigenvalue weighted by Gasteiger charge is 2.39. The Bertz CT molecular complexity index is 1210. The SMILES string of the molecule is C=CCN1C(=O)NC(c2ccc(Cl)cc2)C(C(=O)OCC)=C1CN1CCN(C(=O)c2ccccc2)C(C)C1. The number of rotatable bonds is 8. The van der Waals surface area contributed by atoms with E-state index in [4.69, 9.17) is 16.3 Å². The van der Waals surface area contributed by atoms with Crippen molar-refractivity contribution in [3.63, 3.8) is 0 Å². The van der Waals surface area contributed by atoms with E-state index >= 15 is 0 Å². The molecule has 2 heterocycles. The fourth-order valence-electron chi connectivity index (χ4n) is 4.99. The van der Waals surface area contributed by atoms with Crippen LogP contribution < -0.4 is 5.32 Å². The second-order valence-electron chi connectivity index (χ2n) is 9.36. The van der Waals surface area contributed by atoms with Crippen molar-refractivity contribution >= 4 is 29.5 Å². The molecule has 0 aromatic heterocycles. The smallest absolute Gasteiger partial charge is 0.338 e. The zero-order valence-corrected chi connectivity index (χ0v) is 22.5. The average molecular weight is 537 g/mol. The topological polar surface area (TPSA) is 82.2 Å². The van der Waals surface area contributed by atoms with Gasteiger partial charge in [0.05, 0.1) is 18.2 Å². The van der Waals surface area contributed by atoms with Gasteiger partial charge in [0.15, 0.2) is 0 Å². The van der Waals surface area contributed by atoms with Crippen molar-refractivity contribution in [1.82, 2.24) is 20.0 Å². The quantitative estimate of drug-likeness (QED) is 0.403. The lowest BCUT2D eigenvalue weighted by Gasteiger charge is -2.43. The van der Waals surface area contributed by atoms with Gasteiger partial charge in [-0.05, 0) is 43.7 Å². The lowest BCUT2D eigenvalue weighted by molar-refractivity contribution is -0.139. The summed E-state index contributed by atoms with van der Waals surface area (Å²) in [6.07, 6.45) is 1.63. The molecule has 200 valence electrons. The molecule has 0 aliphatic carbocycles. The van der Waals surface area contributed by atoms with Crippen molar-refractivity contribution in [2.24, 2.45) is 0 Å². The van der Waals surface area contributed by atoms with Crippen LogP contribution in [0.4, 0.5) is 4.79 Å². The van der Waals surface area contributed by atoms with Crippen LogP contribution in [0.25, 0.3) is 0 Å². The van der Waals surface area contributed by atoms with Crippen LogP contribution in [-0.4, -0.2) is 78.0 Å². The number of urea groups is 1. The van der Waals surface area contributed by atoms with E-state index in [0.29, 0.717) is 48.0 Å². The number of carbonyl (C=O) groups is 3. The summed E-state index contributed by atoms with van der Waals surface area (Å²) in [5.74, 6) is -0.486. The first kappa shape index (κ1) is 27.4. The number of nitrogens with zero attached hydrogens (tertiary/aromatic N) is 3. The van der Waals surface area contributed by atoms with E-state index in [1.54, 1.807) is 37.3 Å². The third-order valence-electron chi connectivity index (χ3n) is 6.82. The number of nitrogens with one attached hydrogen (secondary N) is 1. The van der Waals surface area contributed by atoms with E-state index in [9.17, 15) is 14.4 Å². The van der Waals surface area contributed by atoms with E-state index < -0.39 is 12.0 Å². The number of carbonyl (C=O) groups excluding carboxylic acids is 3. The number of hydrogen-bond donors (Lipinski definition) is 1. The second-order valence-corrected chi connectivity index (χ2v) is 9.80. The van der Waals surface area contributed by atoms with Crippen molar-refractivity contribution < 1.29 is 19.1 Å². The van der Waals surface area contributed by atoms with E-state index in [2.05, 4.69) is 16.8 Å². The molecule has 1 fully saturated rings. The molecular weight excluding hydrogens is 504 g/mol. The summed E-state index contributed by atoms with van der Waals surface area (Å²) in [5.41, 5.74) is 2.34. The molecule has 38 heavy (non-hydrogen) atoms. The molecule has 0 radical (unpaired) electrons. The van der Waals surface area contributed by atoms with Gasteiger partial charge in [-0.2, -0.15) is 0 Å². The van der Waals surface area contributed by atoms with Crippen LogP contribution in [-0.2, 0) is 9.53 Å². The largest absolute Gasteiger partial charge is 0.463 e. The van der Waals surface area contributed by atoms with E-state index in [1.807, 2.05) is 42.2 Å². The van der Waals surface area contributed by atoms with Crippen LogP contribution in [0, 0.1) is 0 Å². The third kappa shape index (κ3) is 5.92. The van der Waals surface area contributed by atoms with Gasteiger partial charge in [-0.25, -0.2) is 9.59 Å². The van der Waals surface area contributed by atoms with E-state index in [1.165, 1.54) is 4.90 Å². The van der Waals surface area contributed by atoms with Crippen LogP contribution in [0.2, 0.25) is 5.02 Å². The van der Waals surface area contributed by atoms with E-state index in [0.717, 1.165) is 5.56 Å². The van der Waals surface area contributed by atoms with Gasteiger partial charge in [0.25, 0.3) is 5.91 Å². The Morgan fingerprint density at radius 1 is 1.13 bits per heavy atom. The number of piperazine rings is 1. The lowest BCUT2D eigenvalue weighted by atomic mass is 9.94. The first-order valence-corrected chi connectivity index (χ1v) is 13.1. The Hall–Kier alpha value is -3.62. The fourth-order valence-corrected chi connectivity index (χ4v) is 5.11. The van der Waals surface area contributed by atoms with Crippen molar-refractivity contribution in [3.8, 4) is 0 Å². The second kappa shape index (κ2) is 12.3. The third-order valence-corrected chi connectivity index (χ3v) is 7.07.